The number of fused-ring (bicyclic) bond motifs is 1. The van der Waals surface area contributed by atoms with Crippen molar-refractivity contribution in [3.8, 4) is 5.75 Å². The summed E-state index contributed by atoms with van der Waals surface area (Å²) in [6.07, 6.45) is 0.993. The highest BCUT2D eigenvalue weighted by Crippen LogP contribution is 2.19. The lowest BCUT2D eigenvalue weighted by Gasteiger charge is -2.09. The Kier molecular flexibility index (Phi) is 4.74. The van der Waals surface area contributed by atoms with Crippen LogP contribution in [0.1, 0.15) is 11.1 Å². The smallest absolute Gasteiger partial charge is 0.124 e. The van der Waals surface area contributed by atoms with Gasteiger partial charge < -0.3 is 15.8 Å². The Labute approximate surface area is 136 Å². The minimum atomic E-state index is 0.516. The van der Waals surface area contributed by atoms with Gasteiger partial charge in [0, 0.05) is 5.39 Å². The molecule has 0 bridgehead atoms. The topological polar surface area (TPSA) is 60.2 Å². The zero-order chi connectivity index (χ0) is 16.1. The molecular formula is C19H21N3O. The van der Waals surface area contributed by atoms with Crippen LogP contribution in [-0.4, -0.2) is 18.6 Å². The van der Waals surface area contributed by atoms with Gasteiger partial charge in [0.05, 0.1) is 5.52 Å². The maximum atomic E-state index is 5.91. The number of rotatable bonds is 6. The molecule has 0 spiro atoms. The number of nitrogens with zero attached hydrogens (tertiary/aromatic N) is 1. The van der Waals surface area contributed by atoms with Crippen molar-refractivity contribution in [3.63, 3.8) is 0 Å². The van der Waals surface area contributed by atoms with E-state index in [2.05, 4.69) is 28.5 Å². The van der Waals surface area contributed by atoms with Gasteiger partial charge in [0.1, 0.15) is 18.2 Å². The van der Waals surface area contributed by atoms with Gasteiger partial charge in [-0.15, -0.1) is 0 Å². The molecule has 23 heavy (non-hydrogen) atoms. The van der Waals surface area contributed by atoms with Crippen LogP contribution in [0.5, 0.6) is 5.75 Å². The summed E-state index contributed by atoms with van der Waals surface area (Å²) in [6, 6.07) is 18.2. The summed E-state index contributed by atoms with van der Waals surface area (Å²) < 4.78 is 5.91. The van der Waals surface area contributed by atoms with Crippen LogP contribution in [0.15, 0.2) is 54.6 Å². The average Bonchev–Trinajstić information content (AvgIpc) is 2.58. The van der Waals surface area contributed by atoms with Gasteiger partial charge in [-0.2, -0.15) is 0 Å². The summed E-state index contributed by atoms with van der Waals surface area (Å²) in [5.74, 6) is 1.42. The van der Waals surface area contributed by atoms with Gasteiger partial charge in [-0.05, 0) is 61.5 Å². The summed E-state index contributed by atoms with van der Waals surface area (Å²) in [4.78, 5) is 4.35. The molecule has 0 fully saturated rings. The molecule has 3 aromatic rings. The molecule has 118 valence electrons. The van der Waals surface area contributed by atoms with E-state index in [0.29, 0.717) is 12.4 Å². The van der Waals surface area contributed by atoms with E-state index in [4.69, 9.17) is 10.5 Å². The van der Waals surface area contributed by atoms with E-state index in [0.717, 1.165) is 35.2 Å². The van der Waals surface area contributed by atoms with Gasteiger partial charge in [0.15, 0.2) is 0 Å². The minimum Gasteiger partial charge on any atom is -0.489 e. The van der Waals surface area contributed by atoms with Crippen LogP contribution in [0, 0.1) is 0 Å². The van der Waals surface area contributed by atoms with E-state index < -0.39 is 0 Å². The Balaban J connectivity index is 1.70. The average molecular weight is 307 g/mol. The van der Waals surface area contributed by atoms with Crippen molar-refractivity contribution in [2.75, 3.05) is 19.3 Å². The molecule has 0 aliphatic rings. The van der Waals surface area contributed by atoms with Gasteiger partial charge in [-0.3, -0.25) is 0 Å². The molecule has 4 heteroatoms. The fraction of sp³-hybridized carbons (Fsp3) is 0.211. The van der Waals surface area contributed by atoms with Crippen LogP contribution in [-0.2, 0) is 13.0 Å². The number of nitrogens with two attached hydrogens (primary N) is 1. The van der Waals surface area contributed by atoms with Crippen LogP contribution in [0.3, 0.4) is 0 Å². The van der Waals surface area contributed by atoms with Crippen LogP contribution in [0.25, 0.3) is 10.9 Å². The Morgan fingerprint density at radius 1 is 1.04 bits per heavy atom. The second-order valence-electron chi connectivity index (χ2n) is 5.55. The third-order valence-electron chi connectivity index (χ3n) is 3.75. The third kappa shape index (κ3) is 3.99. The van der Waals surface area contributed by atoms with E-state index in [1.54, 1.807) is 0 Å². The molecule has 2 aromatic carbocycles. The molecule has 3 N–H and O–H groups in total. The molecule has 0 amide bonds. The molecule has 1 heterocycles. The molecular weight excluding hydrogens is 286 g/mol. The Morgan fingerprint density at radius 3 is 2.78 bits per heavy atom. The van der Waals surface area contributed by atoms with Crippen LogP contribution in [0.4, 0.5) is 5.82 Å². The summed E-state index contributed by atoms with van der Waals surface area (Å²) in [5, 5.41) is 4.24. The maximum Gasteiger partial charge on any atom is 0.124 e. The number of anilines is 1. The monoisotopic (exact) mass is 307 g/mol. The number of nitrogen functional groups attached to an aromatic ring is 1. The van der Waals surface area contributed by atoms with Crippen molar-refractivity contribution in [2.24, 2.45) is 0 Å². The highest BCUT2D eigenvalue weighted by atomic mass is 16.5. The van der Waals surface area contributed by atoms with Gasteiger partial charge in [0.25, 0.3) is 0 Å². The first kappa shape index (κ1) is 15.3. The summed E-state index contributed by atoms with van der Waals surface area (Å²) >= 11 is 0. The van der Waals surface area contributed by atoms with Gasteiger partial charge in [-0.25, -0.2) is 4.98 Å². The number of benzene rings is 2. The highest BCUT2D eigenvalue weighted by Gasteiger charge is 2.01. The van der Waals surface area contributed by atoms with Crippen molar-refractivity contribution >= 4 is 16.7 Å². The van der Waals surface area contributed by atoms with E-state index in [9.17, 15) is 0 Å². The highest BCUT2D eigenvalue weighted by molar-refractivity contribution is 5.80. The molecule has 0 unspecified atom stereocenters. The number of ether oxygens (including phenoxy) is 1. The van der Waals surface area contributed by atoms with Gasteiger partial charge >= 0.3 is 0 Å². The Morgan fingerprint density at radius 2 is 1.91 bits per heavy atom. The molecule has 0 aliphatic heterocycles. The van der Waals surface area contributed by atoms with Gasteiger partial charge in [0.2, 0.25) is 0 Å². The standard InChI is InChI=1S/C19H21N3O/c1-21-10-9-14-3-2-4-17(11-14)23-13-15-5-6-16-7-8-19(20)22-18(16)12-15/h2-8,11-12,21H,9-10,13H2,1H3,(H2,20,22). The Hall–Kier alpha value is -2.59. The second kappa shape index (κ2) is 7.11. The van der Waals surface area contributed by atoms with E-state index in [1.807, 2.05) is 43.4 Å². The van der Waals surface area contributed by atoms with Crippen molar-refractivity contribution in [2.45, 2.75) is 13.0 Å². The van der Waals surface area contributed by atoms with Crippen LogP contribution >= 0.6 is 0 Å². The fourth-order valence-electron chi connectivity index (χ4n) is 2.50. The summed E-state index contributed by atoms with van der Waals surface area (Å²) in [5.41, 5.74) is 8.99. The normalized spacial score (nSPS) is 10.8. The zero-order valence-electron chi connectivity index (χ0n) is 13.3. The lowest BCUT2D eigenvalue weighted by Crippen LogP contribution is -2.10. The lowest BCUT2D eigenvalue weighted by molar-refractivity contribution is 0.306. The van der Waals surface area contributed by atoms with Gasteiger partial charge in [-0.1, -0.05) is 24.3 Å². The van der Waals surface area contributed by atoms with E-state index >= 15 is 0 Å². The molecule has 4 nitrogen and oxygen atoms in total. The number of pyridine rings is 1. The number of hydrogen-bond donors (Lipinski definition) is 2. The SMILES string of the molecule is CNCCc1cccc(OCc2ccc3ccc(N)nc3c2)c1. The van der Waals surface area contributed by atoms with Crippen molar-refractivity contribution in [1.29, 1.82) is 0 Å². The predicted octanol–water partition coefficient (Wildman–Crippen LogP) is 3.16. The quantitative estimate of drug-likeness (QED) is 0.734. The first-order chi connectivity index (χ1) is 11.2. The van der Waals surface area contributed by atoms with Crippen molar-refractivity contribution in [3.05, 3.63) is 65.7 Å². The molecule has 1 aromatic heterocycles. The maximum absolute atomic E-state index is 5.91. The summed E-state index contributed by atoms with van der Waals surface area (Å²) in [7, 11) is 1.96. The molecule has 0 radical (unpaired) electrons. The van der Waals surface area contributed by atoms with Crippen LogP contribution in [0.2, 0.25) is 0 Å². The molecule has 0 saturated heterocycles. The van der Waals surface area contributed by atoms with E-state index in [1.165, 1.54) is 5.56 Å². The van der Waals surface area contributed by atoms with Crippen molar-refractivity contribution in [1.82, 2.24) is 10.3 Å². The summed E-state index contributed by atoms with van der Waals surface area (Å²) in [6.45, 7) is 1.48. The molecule has 0 atom stereocenters. The number of hydrogen-bond acceptors (Lipinski definition) is 4. The lowest BCUT2D eigenvalue weighted by atomic mass is 10.1. The largest absolute Gasteiger partial charge is 0.489 e. The van der Waals surface area contributed by atoms with E-state index in [-0.39, 0.29) is 0 Å². The van der Waals surface area contributed by atoms with Crippen LogP contribution < -0.4 is 15.8 Å². The zero-order valence-corrected chi connectivity index (χ0v) is 13.3. The fourth-order valence-corrected chi connectivity index (χ4v) is 2.50. The number of nitrogens with one attached hydrogen (secondary N) is 1. The number of likely N-dealkylation sites (N-methyl/N-ethyl adjacent to an activating group) is 1. The number of aromatic nitrogens is 1. The predicted molar refractivity (Wildman–Crippen MR) is 94.6 cm³/mol. The molecule has 3 rings (SSSR count). The first-order valence-electron chi connectivity index (χ1n) is 7.76. The molecule has 0 aliphatic carbocycles. The first-order valence-corrected chi connectivity index (χ1v) is 7.76. The second-order valence-corrected chi connectivity index (χ2v) is 5.55. The third-order valence-corrected chi connectivity index (χ3v) is 3.75. The Bertz CT molecular complexity index is 801. The van der Waals surface area contributed by atoms with Crippen molar-refractivity contribution < 1.29 is 4.74 Å². The minimum absolute atomic E-state index is 0.516. The molecule has 0 saturated carbocycles.